The Balaban J connectivity index is 0.000000713. The van der Waals surface area contributed by atoms with Crippen molar-refractivity contribution < 1.29 is 29.0 Å². The van der Waals surface area contributed by atoms with E-state index in [0.717, 1.165) is 0 Å². The molecule has 146 valence electrons. The molecule has 1 amide bonds. The van der Waals surface area contributed by atoms with E-state index in [2.05, 4.69) is 11.9 Å². The molecule has 0 unspecified atom stereocenters. The number of hydrogen-bond donors (Lipinski definition) is 2. The summed E-state index contributed by atoms with van der Waals surface area (Å²) < 4.78 is 4.97. The molecule has 2 N–H and O–H groups in total. The van der Waals surface area contributed by atoms with Crippen LogP contribution < -0.4 is 5.32 Å². The minimum absolute atomic E-state index is 0.110. The first kappa shape index (κ1) is 23.8. The first-order valence-electron chi connectivity index (χ1n) is 8.26. The Kier molecular flexibility index (Phi) is 11.5. The maximum atomic E-state index is 11.6. The number of carboxylic acid groups (broad SMARTS) is 1. The number of rotatable bonds is 8. The van der Waals surface area contributed by atoms with E-state index < -0.39 is 11.9 Å². The third kappa shape index (κ3) is 11.1. The number of benzene rings is 1. The molecular formula is C20H25NO6. The summed E-state index contributed by atoms with van der Waals surface area (Å²) in [6, 6.07) is 6.27. The molecule has 0 radical (unpaired) electrons. The van der Waals surface area contributed by atoms with Gasteiger partial charge in [-0.1, -0.05) is 24.8 Å². The predicted octanol–water partition coefficient (Wildman–Crippen LogP) is 2.77. The van der Waals surface area contributed by atoms with Gasteiger partial charge in [0.1, 0.15) is 6.29 Å². The number of esters is 1. The van der Waals surface area contributed by atoms with Crippen molar-refractivity contribution in [3.8, 4) is 0 Å². The zero-order valence-electron chi connectivity index (χ0n) is 15.7. The standard InChI is InChI=1S/C14H14O5.C6H11NO/c1-10(13(16)17)3-2-8-19-14(18)12-6-4-11(9-15)5-7-12;1-4-6(8)7-5(2)3/h3-7,9H,2,8H2,1H3,(H,16,17);4-5H,1H2,2-3H3,(H,7,8). The van der Waals surface area contributed by atoms with Crippen molar-refractivity contribution in [2.24, 2.45) is 0 Å². The fourth-order valence-corrected chi connectivity index (χ4v) is 1.64. The van der Waals surface area contributed by atoms with Gasteiger partial charge in [0, 0.05) is 23.6 Å². The Bertz CT molecular complexity index is 689. The van der Waals surface area contributed by atoms with Gasteiger partial charge >= 0.3 is 11.9 Å². The van der Waals surface area contributed by atoms with Gasteiger partial charge in [0.05, 0.1) is 12.2 Å². The summed E-state index contributed by atoms with van der Waals surface area (Å²) in [5.74, 6) is -1.60. The second kappa shape index (κ2) is 13.0. The van der Waals surface area contributed by atoms with Gasteiger partial charge in [0.25, 0.3) is 0 Å². The third-order valence-corrected chi connectivity index (χ3v) is 3.04. The monoisotopic (exact) mass is 375 g/mol. The molecule has 0 heterocycles. The summed E-state index contributed by atoms with van der Waals surface area (Å²) in [6.45, 7) is 8.69. The lowest BCUT2D eigenvalue weighted by Crippen LogP contribution is -2.27. The molecule has 0 atom stereocenters. The number of nitrogens with one attached hydrogen (secondary N) is 1. The van der Waals surface area contributed by atoms with Gasteiger partial charge in [-0.15, -0.1) is 0 Å². The molecule has 1 rings (SSSR count). The van der Waals surface area contributed by atoms with E-state index in [0.29, 0.717) is 23.8 Å². The predicted molar refractivity (Wildman–Crippen MR) is 102 cm³/mol. The number of ether oxygens (including phenoxy) is 1. The van der Waals surface area contributed by atoms with Gasteiger partial charge in [0.15, 0.2) is 0 Å². The van der Waals surface area contributed by atoms with E-state index in [1.807, 2.05) is 13.8 Å². The van der Waals surface area contributed by atoms with Crippen LogP contribution in [0.25, 0.3) is 0 Å². The Morgan fingerprint density at radius 1 is 1.22 bits per heavy atom. The van der Waals surface area contributed by atoms with E-state index in [1.54, 1.807) is 0 Å². The molecule has 7 nitrogen and oxygen atoms in total. The van der Waals surface area contributed by atoms with Crippen molar-refractivity contribution in [2.75, 3.05) is 6.61 Å². The lowest BCUT2D eigenvalue weighted by Gasteiger charge is -2.03. The van der Waals surface area contributed by atoms with Crippen molar-refractivity contribution >= 4 is 24.1 Å². The van der Waals surface area contributed by atoms with Crippen LogP contribution in [-0.4, -0.2) is 41.9 Å². The first-order valence-corrected chi connectivity index (χ1v) is 8.26. The van der Waals surface area contributed by atoms with Crippen molar-refractivity contribution in [3.05, 3.63) is 59.7 Å². The number of carboxylic acids is 1. The first-order chi connectivity index (χ1) is 12.7. The normalized spacial score (nSPS) is 10.3. The molecule has 0 aromatic heterocycles. The lowest BCUT2D eigenvalue weighted by atomic mass is 10.1. The van der Waals surface area contributed by atoms with Gasteiger partial charge < -0.3 is 15.2 Å². The SMILES string of the molecule is C=CC(=O)NC(C)C.CC(=CCCOC(=O)c1ccc(C=O)cc1)C(=O)O. The summed E-state index contributed by atoms with van der Waals surface area (Å²) in [5.41, 5.74) is 1.05. The van der Waals surface area contributed by atoms with E-state index >= 15 is 0 Å². The molecule has 0 bridgehead atoms. The second-order valence-corrected chi connectivity index (χ2v) is 5.72. The van der Waals surface area contributed by atoms with Crippen LogP contribution in [-0.2, 0) is 14.3 Å². The molecule has 0 saturated carbocycles. The Labute approximate surface area is 158 Å². The number of hydrogen-bond acceptors (Lipinski definition) is 5. The van der Waals surface area contributed by atoms with Crippen molar-refractivity contribution in [2.45, 2.75) is 33.2 Å². The van der Waals surface area contributed by atoms with Crippen LogP contribution in [0.1, 0.15) is 47.9 Å². The number of aliphatic carboxylic acids is 1. The van der Waals surface area contributed by atoms with Gasteiger partial charge in [-0.05, 0) is 39.0 Å². The number of carbonyl (C=O) groups excluding carboxylic acids is 3. The molecule has 0 spiro atoms. The second-order valence-electron chi connectivity index (χ2n) is 5.72. The topological polar surface area (TPSA) is 110 Å². The molecule has 7 heteroatoms. The summed E-state index contributed by atoms with van der Waals surface area (Å²) >= 11 is 0. The molecule has 0 aliphatic carbocycles. The largest absolute Gasteiger partial charge is 0.478 e. The number of aldehydes is 1. The molecule has 27 heavy (non-hydrogen) atoms. The molecule has 0 aliphatic rings. The fourth-order valence-electron chi connectivity index (χ4n) is 1.64. The highest BCUT2D eigenvalue weighted by Crippen LogP contribution is 2.05. The average Bonchev–Trinajstić information content (AvgIpc) is 2.64. The molecular weight excluding hydrogens is 350 g/mol. The maximum absolute atomic E-state index is 11.6. The lowest BCUT2D eigenvalue weighted by molar-refractivity contribution is -0.132. The van der Waals surface area contributed by atoms with Crippen LogP contribution in [0.3, 0.4) is 0 Å². The van der Waals surface area contributed by atoms with Crippen LogP contribution in [0.15, 0.2) is 48.6 Å². The number of amides is 1. The zero-order valence-corrected chi connectivity index (χ0v) is 15.7. The van der Waals surface area contributed by atoms with Gasteiger partial charge in [-0.2, -0.15) is 0 Å². The summed E-state index contributed by atoms with van der Waals surface area (Å²) in [7, 11) is 0. The third-order valence-electron chi connectivity index (χ3n) is 3.04. The minimum atomic E-state index is -0.990. The highest BCUT2D eigenvalue weighted by molar-refractivity contribution is 5.90. The maximum Gasteiger partial charge on any atom is 0.338 e. The number of carbonyl (C=O) groups is 4. The smallest absolute Gasteiger partial charge is 0.338 e. The Morgan fingerprint density at radius 2 is 1.81 bits per heavy atom. The van der Waals surface area contributed by atoms with Crippen LogP contribution in [0.2, 0.25) is 0 Å². The highest BCUT2D eigenvalue weighted by Gasteiger charge is 2.06. The van der Waals surface area contributed by atoms with Crippen LogP contribution in [0, 0.1) is 0 Å². The molecule has 1 aromatic carbocycles. The van der Waals surface area contributed by atoms with Crippen LogP contribution in [0.4, 0.5) is 0 Å². The zero-order chi connectivity index (χ0) is 20.8. The highest BCUT2D eigenvalue weighted by atomic mass is 16.5. The van der Waals surface area contributed by atoms with Gasteiger partial charge in [-0.25, -0.2) is 9.59 Å². The summed E-state index contributed by atoms with van der Waals surface area (Å²) in [4.78, 5) is 42.9. The van der Waals surface area contributed by atoms with E-state index in [9.17, 15) is 19.2 Å². The summed E-state index contributed by atoms with van der Waals surface area (Å²) in [5, 5.41) is 11.2. The van der Waals surface area contributed by atoms with E-state index in [1.165, 1.54) is 43.3 Å². The quantitative estimate of drug-likeness (QED) is 0.313. The Morgan fingerprint density at radius 3 is 2.22 bits per heavy atom. The fraction of sp³-hybridized carbons (Fsp3) is 0.300. The van der Waals surface area contributed by atoms with E-state index in [4.69, 9.17) is 9.84 Å². The van der Waals surface area contributed by atoms with Gasteiger partial charge in [-0.3, -0.25) is 9.59 Å². The Hall–Kier alpha value is -3.22. The average molecular weight is 375 g/mol. The molecule has 1 aromatic rings. The summed E-state index contributed by atoms with van der Waals surface area (Å²) in [6.07, 6.45) is 3.79. The van der Waals surface area contributed by atoms with Gasteiger partial charge in [0.2, 0.25) is 5.91 Å². The van der Waals surface area contributed by atoms with Crippen molar-refractivity contribution in [3.63, 3.8) is 0 Å². The van der Waals surface area contributed by atoms with Crippen molar-refractivity contribution in [1.29, 1.82) is 0 Å². The van der Waals surface area contributed by atoms with E-state index in [-0.39, 0.29) is 24.1 Å². The van der Waals surface area contributed by atoms with Crippen molar-refractivity contribution in [1.82, 2.24) is 5.32 Å². The van der Waals surface area contributed by atoms with Crippen LogP contribution in [0.5, 0.6) is 0 Å². The molecule has 0 aliphatic heterocycles. The molecule has 0 fully saturated rings. The minimum Gasteiger partial charge on any atom is -0.478 e. The van der Waals surface area contributed by atoms with Crippen LogP contribution >= 0.6 is 0 Å². The molecule has 0 saturated heterocycles.